The highest BCUT2D eigenvalue weighted by molar-refractivity contribution is 4.90. The summed E-state index contributed by atoms with van der Waals surface area (Å²) < 4.78 is 0. The zero-order valence-corrected chi connectivity index (χ0v) is 14.1. The number of rotatable bonds is 8. The average molecular weight is 290 g/mol. The van der Waals surface area contributed by atoms with Gasteiger partial charge in [-0.3, -0.25) is 0 Å². The summed E-state index contributed by atoms with van der Waals surface area (Å²) in [5, 5.41) is 40.0. The predicted molar refractivity (Wildman–Crippen MR) is 81.3 cm³/mol. The minimum Gasteiger partial charge on any atom is -0.396 e. The SMILES string of the molecule is CC(CO)C(C)C(C)(O)CC(O)C(C)C(C)(C)C(C)O. The largest absolute Gasteiger partial charge is 0.396 e. The lowest BCUT2D eigenvalue weighted by Gasteiger charge is -2.41. The lowest BCUT2D eigenvalue weighted by molar-refractivity contribution is -0.0931. The van der Waals surface area contributed by atoms with E-state index in [2.05, 4.69) is 0 Å². The summed E-state index contributed by atoms with van der Waals surface area (Å²) in [5.74, 6) is -0.299. The maximum absolute atomic E-state index is 10.6. The van der Waals surface area contributed by atoms with Gasteiger partial charge >= 0.3 is 0 Å². The Labute approximate surface area is 123 Å². The van der Waals surface area contributed by atoms with Gasteiger partial charge in [0.05, 0.1) is 17.8 Å². The van der Waals surface area contributed by atoms with Gasteiger partial charge in [0.2, 0.25) is 0 Å². The first kappa shape index (κ1) is 19.8. The molecule has 0 aromatic rings. The van der Waals surface area contributed by atoms with Crippen molar-refractivity contribution in [1.29, 1.82) is 0 Å². The molecule has 0 aliphatic heterocycles. The molecule has 20 heavy (non-hydrogen) atoms. The molecule has 6 atom stereocenters. The monoisotopic (exact) mass is 290 g/mol. The van der Waals surface area contributed by atoms with Gasteiger partial charge in [-0.15, -0.1) is 0 Å². The van der Waals surface area contributed by atoms with Gasteiger partial charge in [-0.1, -0.05) is 34.6 Å². The highest BCUT2D eigenvalue weighted by Gasteiger charge is 2.40. The van der Waals surface area contributed by atoms with Crippen LogP contribution in [0.4, 0.5) is 0 Å². The summed E-state index contributed by atoms with van der Waals surface area (Å²) in [6, 6.07) is 0. The first-order valence-corrected chi connectivity index (χ1v) is 7.57. The fourth-order valence-electron chi connectivity index (χ4n) is 2.43. The lowest BCUT2D eigenvalue weighted by atomic mass is 9.69. The van der Waals surface area contributed by atoms with E-state index in [1.54, 1.807) is 13.8 Å². The molecule has 0 rings (SSSR count). The Hall–Kier alpha value is -0.160. The summed E-state index contributed by atoms with van der Waals surface area (Å²) in [6.45, 7) is 12.9. The van der Waals surface area contributed by atoms with Gasteiger partial charge in [0, 0.05) is 13.0 Å². The Kier molecular flexibility index (Phi) is 7.15. The Morgan fingerprint density at radius 2 is 1.35 bits per heavy atom. The van der Waals surface area contributed by atoms with Crippen molar-refractivity contribution in [2.45, 2.75) is 72.7 Å². The van der Waals surface area contributed by atoms with Crippen molar-refractivity contribution in [3.8, 4) is 0 Å². The van der Waals surface area contributed by atoms with Gasteiger partial charge in [-0.2, -0.15) is 0 Å². The standard InChI is InChI=1S/C16H34O4/c1-10(9-17)11(2)16(7,20)8-14(19)12(3)15(5,6)13(4)18/h10-14,17-20H,8-9H2,1-7H3. The lowest BCUT2D eigenvalue weighted by Crippen LogP contribution is -2.46. The van der Waals surface area contributed by atoms with E-state index >= 15 is 0 Å². The fourth-order valence-corrected chi connectivity index (χ4v) is 2.43. The van der Waals surface area contributed by atoms with E-state index in [0.717, 1.165) is 0 Å². The van der Waals surface area contributed by atoms with Crippen molar-refractivity contribution in [2.75, 3.05) is 6.61 Å². The van der Waals surface area contributed by atoms with E-state index in [1.807, 2.05) is 34.6 Å². The summed E-state index contributed by atoms with van der Waals surface area (Å²) in [6.07, 6.45) is -1.01. The van der Waals surface area contributed by atoms with Crippen molar-refractivity contribution in [2.24, 2.45) is 23.2 Å². The van der Waals surface area contributed by atoms with E-state index in [1.165, 1.54) is 0 Å². The van der Waals surface area contributed by atoms with Gasteiger partial charge in [0.25, 0.3) is 0 Å². The molecule has 0 aliphatic carbocycles. The van der Waals surface area contributed by atoms with Crippen LogP contribution in [0.25, 0.3) is 0 Å². The predicted octanol–water partition coefficient (Wildman–Crippen LogP) is 1.80. The molecule has 0 amide bonds. The van der Waals surface area contributed by atoms with Gasteiger partial charge in [0.1, 0.15) is 0 Å². The first-order valence-electron chi connectivity index (χ1n) is 7.57. The van der Waals surface area contributed by atoms with Crippen LogP contribution in [0.1, 0.15) is 54.9 Å². The van der Waals surface area contributed by atoms with Gasteiger partial charge in [-0.25, -0.2) is 0 Å². The second-order valence-electron chi connectivity index (χ2n) is 7.36. The molecular weight excluding hydrogens is 256 g/mol. The molecule has 0 aromatic carbocycles. The van der Waals surface area contributed by atoms with Crippen LogP contribution >= 0.6 is 0 Å². The van der Waals surface area contributed by atoms with Crippen molar-refractivity contribution >= 4 is 0 Å². The Bertz CT molecular complexity index is 286. The summed E-state index contributed by atoms with van der Waals surface area (Å²) in [5.41, 5.74) is -1.48. The van der Waals surface area contributed by atoms with E-state index in [-0.39, 0.29) is 30.8 Å². The third-order valence-electron chi connectivity index (χ3n) is 5.57. The molecule has 0 spiro atoms. The van der Waals surface area contributed by atoms with Crippen molar-refractivity contribution < 1.29 is 20.4 Å². The Balaban J connectivity index is 4.86. The van der Waals surface area contributed by atoms with Crippen LogP contribution in [-0.4, -0.2) is 44.8 Å². The maximum atomic E-state index is 10.6. The summed E-state index contributed by atoms with van der Waals surface area (Å²) in [4.78, 5) is 0. The zero-order valence-electron chi connectivity index (χ0n) is 14.1. The van der Waals surface area contributed by atoms with E-state index in [4.69, 9.17) is 0 Å². The molecule has 122 valence electrons. The summed E-state index contributed by atoms with van der Waals surface area (Å²) in [7, 11) is 0. The molecule has 0 bridgehead atoms. The zero-order chi connectivity index (χ0) is 16.3. The minimum atomic E-state index is -1.05. The normalized spacial score (nSPS) is 23.6. The quantitative estimate of drug-likeness (QED) is 0.549. The Morgan fingerprint density at radius 3 is 1.70 bits per heavy atom. The highest BCUT2D eigenvalue weighted by atomic mass is 16.3. The minimum absolute atomic E-state index is 0.0160. The average Bonchev–Trinajstić information content (AvgIpc) is 2.34. The molecule has 4 nitrogen and oxygen atoms in total. The van der Waals surface area contributed by atoms with Crippen molar-refractivity contribution in [3.63, 3.8) is 0 Å². The molecule has 0 radical (unpaired) electrons. The van der Waals surface area contributed by atoms with Gasteiger partial charge in [-0.05, 0) is 37.0 Å². The fraction of sp³-hybridized carbons (Fsp3) is 1.00. The van der Waals surface area contributed by atoms with E-state index in [0.29, 0.717) is 0 Å². The van der Waals surface area contributed by atoms with E-state index in [9.17, 15) is 20.4 Å². The maximum Gasteiger partial charge on any atom is 0.0673 e. The van der Waals surface area contributed by atoms with Crippen molar-refractivity contribution in [3.05, 3.63) is 0 Å². The molecule has 6 unspecified atom stereocenters. The Morgan fingerprint density at radius 1 is 0.900 bits per heavy atom. The van der Waals surface area contributed by atoms with Crippen molar-refractivity contribution in [1.82, 2.24) is 0 Å². The number of hydrogen-bond donors (Lipinski definition) is 4. The highest BCUT2D eigenvalue weighted by Crippen LogP contribution is 2.37. The van der Waals surface area contributed by atoms with Crippen LogP contribution in [0, 0.1) is 23.2 Å². The molecule has 0 fully saturated rings. The van der Waals surface area contributed by atoms with Gasteiger partial charge < -0.3 is 20.4 Å². The molecule has 4 N–H and O–H groups in total. The first-order chi connectivity index (χ1) is 8.87. The molecule has 0 aromatic heterocycles. The smallest absolute Gasteiger partial charge is 0.0673 e. The third kappa shape index (κ3) is 4.69. The topological polar surface area (TPSA) is 80.9 Å². The molecule has 4 heteroatoms. The second kappa shape index (κ2) is 7.21. The van der Waals surface area contributed by atoms with Crippen LogP contribution in [0.2, 0.25) is 0 Å². The summed E-state index contributed by atoms with van der Waals surface area (Å²) >= 11 is 0. The van der Waals surface area contributed by atoms with Crippen LogP contribution in [0.5, 0.6) is 0 Å². The molecular formula is C16H34O4. The van der Waals surface area contributed by atoms with Crippen LogP contribution in [0.3, 0.4) is 0 Å². The molecule has 0 heterocycles. The van der Waals surface area contributed by atoms with E-state index < -0.39 is 23.2 Å². The third-order valence-corrected chi connectivity index (χ3v) is 5.57. The number of aliphatic hydroxyl groups excluding tert-OH is 3. The van der Waals surface area contributed by atoms with Crippen LogP contribution in [-0.2, 0) is 0 Å². The number of aliphatic hydroxyl groups is 4. The molecule has 0 aliphatic rings. The molecule has 0 saturated heterocycles. The van der Waals surface area contributed by atoms with Gasteiger partial charge in [0.15, 0.2) is 0 Å². The second-order valence-corrected chi connectivity index (χ2v) is 7.36. The van der Waals surface area contributed by atoms with Crippen LogP contribution in [0.15, 0.2) is 0 Å². The number of hydrogen-bond acceptors (Lipinski definition) is 4. The molecule has 0 saturated carbocycles. The van der Waals surface area contributed by atoms with Crippen LogP contribution < -0.4 is 0 Å².